The van der Waals surface area contributed by atoms with E-state index < -0.39 is 0 Å². The normalized spacial score (nSPS) is 14.4. The zero-order chi connectivity index (χ0) is 12.3. The Morgan fingerprint density at radius 1 is 1.41 bits per heavy atom. The number of nitrogens with one attached hydrogen (secondary N) is 1. The van der Waals surface area contributed by atoms with Crippen molar-refractivity contribution in [1.29, 1.82) is 0 Å². The lowest BCUT2D eigenvalue weighted by atomic mass is 9.94. The fourth-order valence-electron chi connectivity index (χ4n) is 2.42. The summed E-state index contributed by atoms with van der Waals surface area (Å²) in [5.74, 6) is 0. The van der Waals surface area contributed by atoms with Gasteiger partial charge in [-0.2, -0.15) is 0 Å². The maximum absolute atomic E-state index is 6.14. The molecule has 0 saturated carbocycles. The van der Waals surface area contributed by atoms with Gasteiger partial charge in [0.2, 0.25) is 0 Å². The average molecular weight is 250 g/mol. The van der Waals surface area contributed by atoms with Crippen molar-refractivity contribution in [1.82, 2.24) is 5.32 Å². The van der Waals surface area contributed by atoms with Crippen molar-refractivity contribution >= 4 is 22.0 Å². The molecule has 2 rings (SSSR count). The smallest absolute Gasteiger partial charge is 0.0956 e. The van der Waals surface area contributed by atoms with Crippen LogP contribution < -0.4 is 11.1 Å². The Labute approximate surface area is 108 Å². The van der Waals surface area contributed by atoms with Crippen LogP contribution in [0, 0.1) is 0 Å². The zero-order valence-electron chi connectivity index (χ0n) is 10.6. The van der Waals surface area contributed by atoms with Crippen LogP contribution in [-0.2, 0) is 12.8 Å². The number of hydrogen-bond acceptors (Lipinski definition) is 3. The number of thiophene rings is 1. The van der Waals surface area contributed by atoms with Gasteiger partial charge < -0.3 is 11.1 Å². The second kappa shape index (κ2) is 5.58. The summed E-state index contributed by atoms with van der Waals surface area (Å²) < 4.78 is 0. The molecule has 0 aromatic carbocycles. The Balaban J connectivity index is 2.14. The van der Waals surface area contributed by atoms with E-state index in [2.05, 4.69) is 18.8 Å². The van der Waals surface area contributed by atoms with E-state index in [1.807, 2.05) is 0 Å². The van der Waals surface area contributed by atoms with Gasteiger partial charge in [0.1, 0.15) is 0 Å². The van der Waals surface area contributed by atoms with Crippen molar-refractivity contribution in [3.8, 4) is 0 Å². The van der Waals surface area contributed by atoms with Gasteiger partial charge in [-0.15, -0.1) is 11.3 Å². The van der Waals surface area contributed by atoms with Gasteiger partial charge in [-0.05, 0) is 37.7 Å². The predicted octanol–water partition coefficient (Wildman–Crippen LogP) is 3.57. The van der Waals surface area contributed by atoms with Crippen molar-refractivity contribution < 1.29 is 0 Å². The van der Waals surface area contributed by atoms with E-state index in [1.165, 1.54) is 54.5 Å². The van der Waals surface area contributed by atoms with Crippen LogP contribution in [0.3, 0.4) is 0 Å². The third-order valence-electron chi connectivity index (χ3n) is 3.37. The largest absolute Gasteiger partial charge is 0.390 e. The standard InChI is InChI=1S/C14H22N2S/c1-3-4-9-16-10(2)13-11-7-5-6-8-12(11)17-14(13)15/h16H,2-9,15H2,1H3. The SMILES string of the molecule is C=C(NCCCC)c1c(N)sc2c1CCCC2. The van der Waals surface area contributed by atoms with Crippen LogP contribution in [0.15, 0.2) is 6.58 Å². The Hall–Kier alpha value is -0.960. The van der Waals surface area contributed by atoms with Crippen molar-refractivity contribution in [2.75, 3.05) is 12.3 Å². The molecule has 0 amide bonds. The minimum absolute atomic E-state index is 0.950. The summed E-state index contributed by atoms with van der Waals surface area (Å²) in [5, 5.41) is 4.36. The molecule has 0 unspecified atom stereocenters. The first-order valence-electron chi connectivity index (χ1n) is 6.57. The lowest BCUT2D eigenvalue weighted by Gasteiger charge is -2.15. The maximum atomic E-state index is 6.14. The minimum atomic E-state index is 0.950. The van der Waals surface area contributed by atoms with E-state index in [0.717, 1.165) is 17.2 Å². The van der Waals surface area contributed by atoms with Crippen molar-refractivity contribution in [3.05, 3.63) is 22.6 Å². The zero-order valence-corrected chi connectivity index (χ0v) is 11.5. The first-order valence-corrected chi connectivity index (χ1v) is 7.38. The summed E-state index contributed by atoms with van der Waals surface area (Å²) in [6, 6.07) is 0. The summed E-state index contributed by atoms with van der Waals surface area (Å²) in [4.78, 5) is 1.49. The highest BCUT2D eigenvalue weighted by Gasteiger charge is 2.20. The maximum Gasteiger partial charge on any atom is 0.0956 e. The van der Waals surface area contributed by atoms with Crippen LogP contribution in [0.5, 0.6) is 0 Å². The van der Waals surface area contributed by atoms with E-state index in [1.54, 1.807) is 11.3 Å². The molecular weight excluding hydrogens is 228 g/mol. The highest BCUT2D eigenvalue weighted by Crippen LogP contribution is 2.38. The fourth-order valence-corrected chi connectivity index (χ4v) is 3.61. The number of nitrogens with two attached hydrogens (primary N) is 1. The van der Waals surface area contributed by atoms with E-state index in [4.69, 9.17) is 5.73 Å². The summed E-state index contributed by atoms with van der Waals surface area (Å²) >= 11 is 1.76. The summed E-state index contributed by atoms with van der Waals surface area (Å²) in [6.07, 6.45) is 7.36. The third-order valence-corrected chi connectivity index (χ3v) is 4.49. The lowest BCUT2D eigenvalue weighted by molar-refractivity contribution is 0.694. The number of fused-ring (bicyclic) bond motifs is 1. The topological polar surface area (TPSA) is 38.0 Å². The first-order chi connectivity index (χ1) is 8.24. The lowest BCUT2D eigenvalue weighted by Crippen LogP contribution is -2.14. The molecule has 1 heterocycles. The van der Waals surface area contributed by atoms with Crippen LogP contribution in [-0.4, -0.2) is 6.54 Å². The Kier molecular flexibility index (Phi) is 4.11. The quantitative estimate of drug-likeness (QED) is 0.784. The second-order valence-corrected chi connectivity index (χ2v) is 5.85. The molecule has 1 aromatic heterocycles. The highest BCUT2D eigenvalue weighted by molar-refractivity contribution is 7.16. The fraction of sp³-hybridized carbons (Fsp3) is 0.571. The molecule has 0 fully saturated rings. The van der Waals surface area contributed by atoms with Gasteiger partial charge in [0, 0.05) is 22.7 Å². The summed E-state index contributed by atoms with van der Waals surface area (Å²) in [5.41, 5.74) is 9.84. The average Bonchev–Trinajstić information content (AvgIpc) is 2.65. The van der Waals surface area contributed by atoms with Crippen LogP contribution >= 0.6 is 11.3 Å². The molecule has 0 radical (unpaired) electrons. The Bertz CT molecular complexity index is 407. The molecule has 0 atom stereocenters. The van der Waals surface area contributed by atoms with E-state index >= 15 is 0 Å². The number of unbranched alkanes of at least 4 members (excludes halogenated alkanes) is 1. The van der Waals surface area contributed by atoms with Crippen LogP contribution in [0.25, 0.3) is 5.70 Å². The molecular formula is C14H22N2S. The van der Waals surface area contributed by atoms with E-state index in [-0.39, 0.29) is 0 Å². The molecule has 1 aromatic rings. The van der Waals surface area contributed by atoms with E-state index in [0.29, 0.717) is 0 Å². The van der Waals surface area contributed by atoms with Gasteiger partial charge in [0.25, 0.3) is 0 Å². The molecule has 3 heteroatoms. The highest BCUT2D eigenvalue weighted by atomic mass is 32.1. The van der Waals surface area contributed by atoms with Crippen LogP contribution in [0.1, 0.15) is 48.6 Å². The molecule has 0 bridgehead atoms. The molecule has 0 saturated heterocycles. The molecule has 1 aliphatic rings. The molecule has 0 aliphatic heterocycles. The van der Waals surface area contributed by atoms with Gasteiger partial charge >= 0.3 is 0 Å². The Morgan fingerprint density at radius 2 is 2.18 bits per heavy atom. The monoisotopic (exact) mass is 250 g/mol. The van der Waals surface area contributed by atoms with Gasteiger partial charge in [0.05, 0.1) is 5.00 Å². The third kappa shape index (κ3) is 2.65. The number of nitrogen functional groups attached to an aromatic ring is 1. The molecule has 3 N–H and O–H groups in total. The Morgan fingerprint density at radius 3 is 2.94 bits per heavy atom. The molecule has 1 aliphatic carbocycles. The van der Waals surface area contributed by atoms with Crippen LogP contribution in [0.2, 0.25) is 0 Å². The summed E-state index contributed by atoms with van der Waals surface area (Å²) in [6.45, 7) is 7.35. The van der Waals surface area contributed by atoms with Crippen molar-refractivity contribution in [3.63, 3.8) is 0 Å². The predicted molar refractivity (Wildman–Crippen MR) is 77.3 cm³/mol. The van der Waals surface area contributed by atoms with Crippen molar-refractivity contribution in [2.24, 2.45) is 0 Å². The number of hydrogen-bond donors (Lipinski definition) is 2. The van der Waals surface area contributed by atoms with Crippen LogP contribution in [0.4, 0.5) is 5.00 Å². The summed E-state index contributed by atoms with van der Waals surface area (Å²) in [7, 11) is 0. The first kappa shape index (κ1) is 12.5. The number of anilines is 1. The van der Waals surface area contributed by atoms with Gasteiger partial charge in [-0.1, -0.05) is 19.9 Å². The van der Waals surface area contributed by atoms with Crippen molar-refractivity contribution in [2.45, 2.75) is 45.4 Å². The minimum Gasteiger partial charge on any atom is -0.390 e. The number of aryl methyl sites for hydroxylation is 1. The molecule has 17 heavy (non-hydrogen) atoms. The molecule has 0 spiro atoms. The van der Waals surface area contributed by atoms with Gasteiger partial charge in [0.15, 0.2) is 0 Å². The van der Waals surface area contributed by atoms with E-state index in [9.17, 15) is 0 Å². The van der Waals surface area contributed by atoms with Gasteiger partial charge in [-0.25, -0.2) is 0 Å². The molecule has 94 valence electrons. The molecule has 2 nitrogen and oxygen atoms in total. The van der Waals surface area contributed by atoms with Gasteiger partial charge in [-0.3, -0.25) is 0 Å². The second-order valence-electron chi connectivity index (χ2n) is 4.71. The number of rotatable bonds is 5.